The lowest BCUT2D eigenvalue weighted by molar-refractivity contribution is -0.145. The summed E-state index contributed by atoms with van der Waals surface area (Å²) >= 11 is 0. The van der Waals surface area contributed by atoms with Crippen molar-refractivity contribution in [1.29, 1.82) is 0 Å². The molecule has 0 atom stereocenters. The van der Waals surface area contributed by atoms with Gasteiger partial charge in [0, 0.05) is 20.2 Å². The fourth-order valence-corrected chi connectivity index (χ4v) is 4.35. The van der Waals surface area contributed by atoms with Crippen LogP contribution in [-0.4, -0.2) is 29.4 Å². The molecule has 0 saturated heterocycles. The van der Waals surface area contributed by atoms with Crippen LogP contribution in [0.4, 0.5) is 13.2 Å². The Morgan fingerprint density at radius 2 is 1.41 bits per heavy atom. The van der Waals surface area contributed by atoms with Crippen molar-refractivity contribution < 1.29 is 22.6 Å². The molecule has 4 aromatic rings. The van der Waals surface area contributed by atoms with Gasteiger partial charge in [-0.05, 0) is 34.9 Å². The first-order chi connectivity index (χ1) is 17.6. The first-order valence-corrected chi connectivity index (χ1v) is 15.8. The van der Waals surface area contributed by atoms with Crippen LogP contribution in [0.25, 0.3) is 22.5 Å². The number of halogens is 3. The number of aromatic nitrogens is 3. The minimum atomic E-state index is -4.64. The van der Waals surface area contributed by atoms with E-state index in [0.29, 0.717) is 18.8 Å². The Labute approximate surface area is 215 Å². The van der Waals surface area contributed by atoms with Crippen LogP contribution in [0.3, 0.4) is 0 Å². The quantitative estimate of drug-likeness (QED) is 0.159. The summed E-state index contributed by atoms with van der Waals surface area (Å²) in [5.74, 6) is -0.297. The van der Waals surface area contributed by atoms with E-state index in [9.17, 15) is 13.2 Å². The van der Waals surface area contributed by atoms with Crippen molar-refractivity contribution in [1.82, 2.24) is 14.8 Å². The molecule has 0 amide bonds. The smallest absolute Gasteiger partial charge is 0.453 e. The average Bonchev–Trinajstić information content (AvgIpc) is 3.31. The van der Waals surface area contributed by atoms with E-state index in [-0.39, 0.29) is 12.6 Å². The maximum atomic E-state index is 13.3. The normalized spacial score (nSPS) is 12.1. The van der Waals surface area contributed by atoms with Gasteiger partial charge in [0.25, 0.3) is 5.82 Å². The molecular weight excluding hydrogens is 495 g/mol. The second-order valence-electron chi connectivity index (χ2n) is 9.98. The van der Waals surface area contributed by atoms with Crippen LogP contribution < -0.4 is 4.74 Å². The van der Waals surface area contributed by atoms with Gasteiger partial charge in [0.05, 0.1) is 0 Å². The Kier molecular flexibility index (Phi) is 8.14. The number of hydrogen-bond donors (Lipinski definition) is 0. The minimum Gasteiger partial charge on any atom is -0.489 e. The van der Waals surface area contributed by atoms with E-state index < -0.39 is 20.1 Å². The molecule has 3 aromatic carbocycles. The summed E-state index contributed by atoms with van der Waals surface area (Å²) in [7, 11) is -1.32. The van der Waals surface area contributed by atoms with Crippen LogP contribution in [0, 0.1) is 0 Å². The molecule has 9 heteroatoms. The molecule has 194 valence electrons. The third-order valence-corrected chi connectivity index (χ3v) is 7.42. The summed E-state index contributed by atoms with van der Waals surface area (Å²) < 4.78 is 52.7. The first kappa shape index (κ1) is 26.6. The van der Waals surface area contributed by atoms with E-state index in [0.717, 1.165) is 28.5 Å². The summed E-state index contributed by atoms with van der Waals surface area (Å²) in [4.78, 5) is 3.78. The van der Waals surface area contributed by atoms with Crippen LogP contribution >= 0.6 is 0 Å². The van der Waals surface area contributed by atoms with Gasteiger partial charge < -0.3 is 9.47 Å². The minimum absolute atomic E-state index is 0.0882. The molecule has 0 radical (unpaired) electrons. The zero-order chi connectivity index (χ0) is 26.5. The maximum absolute atomic E-state index is 13.3. The molecule has 5 nitrogen and oxygen atoms in total. The standard InChI is InChI=1S/C28H30F3N3O2Si/c1-37(2,3)18-17-35-20-34-26(32-27(33-34)28(29,30)31)24-11-9-22(10-12-24)23-13-15-25(16-14-23)36-19-21-7-5-4-6-8-21/h4-16H,17-20H2,1-3H3. The summed E-state index contributed by atoms with van der Waals surface area (Å²) in [6, 6.07) is 25.7. The lowest BCUT2D eigenvalue weighted by atomic mass is 10.0. The lowest BCUT2D eigenvalue weighted by Crippen LogP contribution is -2.22. The Balaban J connectivity index is 1.46. The zero-order valence-electron chi connectivity index (χ0n) is 21.1. The molecule has 37 heavy (non-hydrogen) atoms. The maximum Gasteiger partial charge on any atom is 0.453 e. The highest BCUT2D eigenvalue weighted by atomic mass is 28.3. The summed E-state index contributed by atoms with van der Waals surface area (Å²) in [5, 5.41) is 3.67. The summed E-state index contributed by atoms with van der Waals surface area (Å²) in [5.41, 5.74) is 3.51. The Morgan fingerprint density at radius 3 is 2.00 bits per heavy atom. The van der Waals surface area contributed by atoms with Crippen molar-refractivity contribution in [3.8, 4) is 28.3 Å². The third-order valence-electron chi connectivity index (χ3n) is 5.71. The van der Waals surface area contributed by atoms with Crippen molar-refractivity contribution >= 4 is 8.07 Å². The highest BCUT2D eigenvalue weighted by molar-refractivity contribution is 6.76. The second kappa shape index (κ2) is 11.3. The Morgan fingerprint density at radius 1 is 0.811 bits per heavy atom. The van der Waals surface area contributed by atoms with E-state index in [1.807, 2.05) is 66.7 Å². The predicted octanol–water partition coefficient (Wildman–Crippen LogP) is 7.52. The van der Waals surface area contributed by atoms with E-state index in [1.54, 1.807) is 12.1 Å². The molecule has 1 heterocycles. The molecule has 0 bridgehead atoms. The second-order valence-corrected chi connectivity index (χ2v) is 15.6. The van der Waals surface area contributed by atoms with Crippen LogP contribution in [0.5, 0.6) is 5.75 Å². The van der Waals surface area contributed by atoms with Gasteiger partial charge in [0.15, 0.2) is 5.82 Å². The molecular formula is C28H30F3N3O2Si. The average molecular weight is 526 g/mol. The predicted molar refractivity (Wildman–Crippen MR) is 141 cm³/mol. The van der Waals surface area contributed by atoms with Gasteiger partial charge in [0.2, 0.25) is 0 Å². The van der Waals surface area contributed by atoms with E-state index >= 15 is 0 Å². The fourth-order valence-electron chi connectivity index (χ4n) is 3.59. The fraction of sp³-hybridized carbons (Fsp3) is 0.286. The molecule has 0 spiro atoms. The number of hydrogen-bond acceptors (Lipinski definition) is 4. The van der Waals surface area contributed by atoms with Gasteiger partial charge in [-0.15, -0.1) is 5.10 Å². The van der Waals surface area contributed by atoms with Gasteiger partial charge in [-0.25, -0.2) is 9.67 Å². The monoisotopic (exact) mass is 525 g/mol. The molecule has 0 fully saturated rings. The largest absolute Gasteiger partial charge is 0.489 e. The van der Waals surface area contributed by atoms with Crippen molar-refractivity contribution in [2.24, 2.45) is 0 Å². The van der Waals surface area contributed by atoms with Crippen molar-refractivity contribution in [2.75, 3.05) is 6.61 Å². The van der Waals surface area contributed by atoms with Crippen LogP contribution in [0.15, 0.2) is 78.9 Å². The molecule has 0 aliphatic heterocycles. The Bertz CT molecular complexity index is 1280. The summed E-state index contributed by atoms with van der Waals surface area (Å²) in [6.07, 6.45) is -4.64. The molecule has 0 N–H and O–H groups in total. The van der Waals surface area contributed by atoms with Crippen LogP contribution in [0.2, 0.25) is 25.7 Å². The zero-order valence-corrected chi connectivity index (χ0v) is 22.1. The highest BCUT2D eigenvalue weighted by Crippen LogP contribution is 2.30. The molecule has 0 saturated carbocycles. The number of alkyl halides is 3. The van der Waals surface area contributed by atoms with Gasteiger partial charge in [0.1, 0.15) is 19.1 Å². The molecule has 1 aromatic heterocycles. The summed E-state index contributed by atoms with van der Waals surface area (Å²) in [6.45, 7) is 7.51. The van der Waals surface area contributed by atoms with Gasteiger partial charge in [-0.3, -0.25) is 0 Å². The topological polar surface area (TPSA) is 49.2 Å². The van der Waals surface area contributed by atoms with Crippen molar-refractivity contribution in [3.63, 3.8) is 0 Å². The molecule has 4 rings (SSSR count). The van der Waals surface area contributed by atoms with Gasteiger partial charge >= 0.3 is 6.18 Å². The molecule has 0 aliphatic carbocycles. The van der Waals surface area contributed by atoms with E-state index in [2.05, 4.69) is 29.7 Å². The molecule has 0 unspecified atom stereocenters. The Hall–Kier alpha value is -3.43. The number of benzene rings is 3. The van der Waals surface area contributed by atoms with Crippen LogP contribution in [-0.2, 0) is 24.3 Å². The van der Waals surface area contributed by atoms with Gasteiger partial charge in [-0.2, -0.15) is 13.2 Å². The SMILES string of the molecule is C[Si](C)(C)CCOCn1nc(C(F)(F)F)nc1-c1ccc(-c2ccc(OCc3ccccc3)cc2)cc1. The third kappa shape index (κ3) is 7.53. The van der Waals surface area contributed by atoms with Gasteiger partial charge in [-0.1, -0.05) is 86.4 Å². The highest BCUT2D eigenvalue weighted by Gasteiger charge is 2.37. The number of ether oxygens (including phenoxy) is 2. The van der Waals surface area contributed by atoms with Crippen molar-refractivity contribution in [3.05, 3.63) is 90.3 Å². The number of nitrogens with zero attached hydrogens (tertiary/aromatic N) is 3. The first-order valence-electron chi connectivity index (χ1n) is 12.1. The number of rotatable bonds is 10. The van der Waals surface area contributed by atoms with E-state index in [4.69, 9.17) is 9.47 Å². The van der Waals surface area contributed by atoms with Crippen LogP contribution in [0.1, 0.15) is 11.4 Å². The van der Waals surface area contributed by atoms with Crippen molar-refractivity contribution in [2.45, 2.75) is 45.2 Å². The lowest BCUT2D eigenvalue weighted by Gasteiger charge is -2.15. The van der Waals surface area contributed by atoms with E-state index in [1.165, 1.54) is 4.68 Å². The molecule has 0 aliphatic rings.